The second-order valence-corrected chi connectivity index (χ2v) is 4.44. The number of carboxylic acids is 2. The number of carboxylic acid groups (broad SMARTS) is 2. The quantitative estimate of drug-likeness (QED) is 0.839. The van der Waals surface area contributed by atoms with Gasteiger partial charge in [-0.05, 0) is 23.3 Å². The van der Waals surface area contributed by atoms with Crippen LogP contribution < -0.4 is 0 Å². The highest BCUT2D eigenvalue weighted by Crippen LogP contribution is 2.33. The molecule has 86 valence electrons. The van der Waals surface area contributed by atoms with Crippen LogP contribution in [0.2, 0.25) is 0 Å². The lowest BCUT2D eigenvalue weighted by Gasteiger charge is -1.99. The molecule has 0 saturated carbocycles. The molecule has 0 saturated heterocycles. The van der Waals surface area contributed by atoms with Gasteiger partial charge in [0.15, 0.2) is 0 Å². The molecule has 2 rings (SSSR count). The van der Waals surface area contributed by atoms with Crippen LogP contribution >= 0.6 is 11.8 Å². The van der Waals surface area contributed by atoms with Crippen molar-refractivity contribution in [2.24, 2.45) is 0 Å². The van der Waals surface area contributed by atoms with E-state index in [0.29, 0.717) is 11.1 Å². The lowest BCUT2D eigenvalue weighted by molar-refractivity contribution is -0.132. The molecule has 2 N–H and O–H groups in total. The zero-order valence-corrected chi connectivity index (χ0v) is 9.40. The molecule has 1 aromatic carbocycles. The zero-order chi connectivity index (χ0) is 12.4. The SMILES string of the molecule is O=C(O)C1=Cc2ccccc2C=C(C(=O)O)S1. The van der Waals surface area contributed by atoms with Crippen molar-refractivity contribution in [2.45, 2.75) is 0 Å². The Balaban J connectivity index is 2.60. The molecular weight excluding hydrogens is 240 g/mol. The Morgan fingerprint density at radius 3 is 1.65 bits per heavy atom. The van der Waals surface area contributed by atoms with Gasteiger partial charge < -0.3 is 10.2 Å². The van der Waals surface area contributed by atoms with E-state index in [1.165, 1.54) is 12.2 Å². The summed E-state index contributed by atoms with van der Waals surface area (Å²) in [6, 6.07) is 7.05. The van der Waals surface area contributed by atoms with Crippen LogP contribution in [-0.2, 0) is 9.59 Å². The highest BCUT2D eigenvalue weighted by Gasteiger charge is 2.19. The maximum absolute atomic E-state index is 11.0. The number of hydrogen-bond acceptors (Lipinski definition) is 3. The van der Waals surface area contributed by atoms with Gasteiger partial charge in [0.1, 0.15) is 0 Å². The first-order valence-corrected chi connectivity index (χ1v) is 5.56. The Morgan fingerprint density at radius 2 is 1.29 bits per heavy atom. The van der Waals surface area contributed by atoms with Crippen LogP contribution in [0.15, 0.2) is 34.1 Å². The van der Waals surface area contributed by atoms with Gasteiger partial charge in [-0.1, -0.05) is 36.0 Å². The van der Waals surface area contributed by atoms with Gasteiger partial charge in [-0.15, -0.1) is 0 Å². The molecule has 1 heterocycles. The minimum absolute atomic E-state index is 0.00333. The van der Waals surface area contributed by atoms with Gasteiger partial charge in [-0.3, -0.25) is 0 Å². The molecule has 0 radical (unpaired) electrons. The molecular formula is C12H8O4S. The molecule has 5 heteroatoms. The molecule has 0 aromatic heterocycles. The van der Waals surface area contributed by atoms with Crippen LogP contribution in [0, 0.1) is 0 Å². The van der Waals surface area contributed by atoms with Gasteiger partial charge in [0, 0.05) is 0 Å². The average molecular weight is 248 g/mol. The average Bonchev–Trinajstić information content (AvgIpc) is 2.47. The van der Waals surface area contributed by atoms with Gasteiger partial charge in [0.2, 0.25) is 0 Å². The van der Waals surface area contributed by atoms with E-state index >= 15 is 0 Å². The molecule has 1 aliphatic heterocycles. The number of hydrogen-bond donors (Lipinski definition) is 2. The number of rotatable bonds is 2. The summed E-state index contributed by atoms with van der Waals surface area (Å²) < 4.78 is 0. The normalized spacial score (nSPS) is 14.1. The molecule has 0 bridgehead atoms. The molecule has 1 aliphatic rings. The monoisotopic (exact) mass is 248 g/mol. The third-order valence-corrected chi connectivity index (χ3v) is 3.24. The van der Waals surface area contributed by atoms with E-state index in [-0.39, 0.29) is 9.81 Å². The summed E-state index contributed by atoms with van der Waals surface area (Å²) in [5.74, 6) is -2.25. The van der Waals surface area contributed by atoms with Gasteiger partial charge in [-0.2, -0.15) is 0 Å². The Kier molecular flexibility index (Phi) is 3.01. The number of aliphatic carboxylic acids is 2. The van der Waals surface area contributed by atoms with Crippen molar-refractivity contribution < 1.29 is 19.8 Å². The highest BCUT2D eigenvalue weighted by molar-refractivity contribution is 8.08. The second kappa shape index (κ2) is 4.47. The molecule has 1 aromatic rings. The molecule has 0 aliphatic carbocycles. The first kappa shape index (κ1) is 11.5. The zero-order valence-electron chi connectivity index (χ0n) is 8.58. The number of thioether (sulfide) groups is 1. The van der Waals surface area contributed by atoms with Crippen molar-refractivity contribution >= 4 is 35.9 Å². The highest BCUT2D eigenvalue weighted by atomic mass is 32.2. The summed E-state index contributed by atoms with van der Waals surface area (Å²) in [6.07, 6.45) is 2.96. The van der Waals surface area contributed by atoms with Crippen molar-refractivity contribution in [3.63, 3.8) is 0 Å². The molecule has 0 spiro atoms. The summed E-state index contributed by atoms with van der Waals surface area (Å²) in [4.78, 5) is 22.0. The van der Waals surface area contributed by atoms with E-state index in [2.05, 4.69) is 0 Å². The van der Waals surface area contributed by atoms with E-state index in [0.717, 1.165) is 11.8 Å². The first-order chi connectivity index (χ1) is 8.08. The van der Waals surface area contributed by atoms with E-state index < -0.39 is 11.9 Å². The number of carbonyl (C=O) groups is 2. The predicted octanol–water partition coefficient (Wildman–Crippen LogP) is 2.28. The van der Waals surface area contributed by atoms with Crippen LogP contribution in [0.4, 0.5) is 0 Å². The van der Waals surface area contributed by atoms with Crippen LogP contribution in [0.5, 0.6) is 0 Å². The van der Waals surface area contributed by atoms with Crippen LogP contribution in [0.25, 0.3) is 12.2 Å². The van der Waals surface area contributed by atoms with Gasteiger partial charge in [0.05, 0.1) is 9.81 Å². The largest absolute Gasteiger partial charge is 0.477 e. The summed E-state index contributed by atoms with van der Waals surface area (Å²) in [6.45, 7) is 0. The fourth-order valence-corrected chi connectivity index (χ4v) is 2.23. The van der Waals surface area contributed by atoms with Crippen LogP contribution in [0.1, 0.15) is 11.1 Å². The van der Waals surface area contributed by atoms with Gasteiger partial charge in [0.25, 0.3) is 0 Å². The van der Waals surface area contributed by atoms with Crippen molar-refractivity contribution in [1.29, 1.82) is 0 Å². The maximum Gasteiger partial charge on any atom is 0.342 e. The summed E-state index contributed by atoms with van der Waals surface area (Å²) in [7, 11) is 0. The molecule has 0 amide bonds. The summed E-state index contributed by atoms with van der Waals surface area (Å²) in [5.41, 5.74) is 1.40. The molecule has 17 heavy (non-hydrogen) atoms. The lowest BCUT2D eigenvalue weighted by atomic mass is 10.1. The smallest absolute Gasteiger partial charge is 0.342 e. The number of benzene rings is 1. The van der Waals surface area contributed by atoms with E-state index in [1.807, 2.05) is 0 Å². The van der Waals surface area contributed by atoms with Gasteiger partial charge in [-0.25, -0.2) is 9.59 Å². The molecule has 0 unspecified atom stereocenters. The Bertz CT molecular complexity index is 508. The summed E-state index contributed by atoms with van der Waals surface area (Å²) in [5, 5.41) is 18.0. The number of fused-ring (bicyclic) bond motifs is 1. The topological polar surface area (TPSA) is 74.6 Å². The van der Waals surface area contributed by atoms with Crippen molar-refractivity contribution in [3.8, 4) is 0 Å². The van der Waals surface area contributed by atoms with Crippen molar-refractivity contribution in [3.05, 3.63) is 45.2 Å². The predicted molar refractivity (Wildman–Crippen MR) is 65.3 cm³/mol. The maximum atomic E-state index is 11.0. The fraction of sp³-hybridized carbons (Fsp3) is 0. The Hall–Kier alpha value is -2.01. The third-order valence-electron chi connectivity index (χ3n) is 2.21. The van der Waals surface area contributed by atoms with Gasteiger partial charge >= 0.3 is 11.9 Å². The van der Waals surface area contributed by atoms with Crippen molar-refractivity contribution in [1.82, 2.24) is 0 Å². The van der Waals surface area contributed by atoms with Crippen molar-refractivity contribution in [2.75, 3.05) is 0 Å². The minimum atomic E-state index is -1.13. The van der Waals surface area contributed by atoms with E-state index in [4.69, 9.17) is 10.2 Å². The Morgan fingerprint density at radius 1 is 0.882 bits per heavy atom. The lowest BCUT2D eigenvalue weighted by Crippen LogP contribution is -2.00. The van der Waals surface area contributed by atoms with E-state index in [9.17, 15) is 9.59 Å². The first-order valence-electron chi connectivity index (χ1n) is 4.75. The standard InChI is InChI=1S/C12H8O4S/c13-11(14)9-5-7-3-1-2-4-8(7)6-10(17-9)12(15)16/h1-6H,(H,13,14)(H,15,16). The Labute approximate surface area is 101 Å². The second-order valence-electron chi connectivity index (χ2n) is 3.36. The van der Waals surface area contributed by atoms with Crippen LogP contribution in [0.3, 0.4) is 0 Å². The molecule has 4 nitrogen and oxygen atoms in total. The third kappa shape index (κ3) is 2.39. The fourth-order valence-electron chi connectivity index (χ4n) is 1.44. The summed E-state index contributed by atoms with van der Waals surface area (Å²) >= 11 is 0.748. The molecule has 0 fully saturated rings. The van der Waals surface area contributed by atoms with Crippen LogP contribution in [-0.4, -0.2) is 22.2 Å². The van der Waals surface area contributed by atoms with E-state index in [1.54, 1.807) is 24.3 Å². The minimum Gasteiger partial charge on any atom is -0.477 e. The molecule has 0 atom stereocenters.